The molecule has 17 heavy (non-hydrogen) atoms. The summed E-state index contributed by atoms with van der Waals surface area (Å²) in [7, 11) is 1.59. The molecule has 1 aliphatic carbocycles. The molecule has 4 nitrogen and oxygen atoms in total. The number of hydrogen-bond donors (Lipinski definition) is 2. The average molecular weight is 256 g/mol. The first-order valence-electron chi connectivity index (χ1n) is 5.36. The van der Waals surface area contributed by atoms with Gasteiger partial charge in [0.05, 0.1) is 6.10 Å². The van der Waals surface area contributed by atoms with Gasteiger partial charge in [-0.1, -0.05) is 17.7 Å². The van der Waals surface area contributed by atoms with Crippen molar-refractivity contribution in [2.45, 2.75) is 24.5 Å². The molecule has 0 unspecified atom stereocenters. The number of carboxylic acids is 1. The smallest absolute Gasteiger partial charge is 0.329 e. The van der Waals surface area contributed by atoms with Gasteiger partial charge in [-0.05, 0) is 18.2 Å². The maximum absolute atomic E-state index is 11.3. The maximum atomic E-state index is 11.3. The van der Waals surface area contributed by atoms with Crippen molar-refractivity contribution in [3.8, 4) is 0 Å². The van der Waals surface area contributed by atoms with Crippen LogP contribution in [0.5, 0.6) is 0 Å². The molecule has 0 atom stereocenters. The molecular formula is C12H14ClNO3. The van der Waals surface area contributed by atoms with E-state index < -0.39 is 11.5 Å². The lowest BCUT2D eigenvalue weighted by atomic mass is 9.74. The number of hydrogen-bond acceptors (Lipinski definition) is 3. The van der Waals surface area contributed by atoms with Gasteiger partial charge < -0.3 is 15.2 Å². The Labute approximate surface area is 105 Å². The lowest BCUT2D eigenvalue weighted by Crippen LogP contribution is -2.59. The van der Waals surface area contributed by atoms with E-state index in [1.165, 1.54) is 0 Å². The Balaban J connectivity index is 2.12. The molecule has 0 aliphatic heterocycles. The van der Waals surface area contributed by atoms with Crippen LogP contribution in [-0.2, 0) is 9.53 Å². The molecule has 2 rings (SSSR count). The Kier molecular flexibility index (Phi) is 3.26. The van der Waals surface area contributed by atoms with E-state index in [-0.39, 0.29) is 6.10 Å². The molecule has 0 radical (unpaired) electrons. The zero-order valence-electron chi connectivity index (χ0n) is 9.44. The highest BCUT2D eigenvalue weighted by atomic mass is 35.5. The highest BCUT2D eigenvalue weighted by Crippen LogP contribution is 2.38. The topological polar surface area (TPSA) is 58.6 Å². The summed E-state index contributed by atoms with van der Waals surface area (Å²) in [6.07, 6.45) is 0.939. The Hall–Kier alpha value is -1.26. The van der Waals surface area contributed by atoms with E-state index in [0.29, 0.717) is 17.9 Å². The molecule has 0 saturated heterocycles. The van der Waals surface area contributed by atoms with E-state index in [4.69, 9.17) is 16.3 Å². The van der Waals surface area contributed by atoms with Gasteiger partial charge in [0.25, 0.3) is 0 Å². The van der Waals surface area contributed by atoms with Crippen LogP contribution in [0, 0.1) is 0 Å². The third kappa shape index (κ3) is 2.37. The van der Waals surface area contributed by atoms with E-state index in [9.17, 15) is 9.90 Å². The Bertz CT molecular complexity index is 430. The SMILES string of the molecule is COC1CC(Nc2cccc(Cl)c2)(C(=O)O)C1. The third-order valence-corrected chi connectivity index (χ3v) is 3.34. The van der Waals surface area contributed by atoms with Crippen molar-refractivity contribution in [1.82, 2.24) is 0 Å². The van der Waals surface area contributed by atoms with Crippen LogP contribution in [0.15, 0.2) is 24.3 Å². The number of rotatable bonds is 4. The summed E-state index contributed by atoms with van der Waals surface area (Å²) in [6.45, 7) is 0. The number of carbonyl (C=O) groups is 1. The molecule has 0 aromatic heterocycles. The van der Waals surface area contributed by atoms with Crippen LogP contribution in [0.1, 0.15) is 12.8 Å². The number of methoxy groups -OCH3 is 1. The summed E-state index contributed by atoms with van der Waals surface area (Å²) in [4.78, 5) is 11.3. The lowest BCUT2D eigenvalue weighted by molar-refractivity contribution is -0.151. The fourth-order valence-corrected chi connectivity index (χ4v) is 2.25. The minimum Gasteiger partial charge on any atom is -0.480 e. The summed E-state index contributed by atoms with van der Waals surface area (Å²) in [5.41, 5.74) is -0.208. The molecule has 1 aliphatic rings. The summed E-state index contributed by atoms with van der Waals surface area (Å²) in [5, 5.41) is 12.9. The van der Waals surface area contributed by atoms with Crippen molar-refractivity contribution in [3.63, 3.8) is 0 Å². The zero-order valence-corrected chi connectivity index (χ0v) is 10.2. The van der Waals surface area contributed by atoms with Crippen LogP contribution in [0.4, 0.5) is 5.69 Å². The molecule has 1 saturated carbocycles. The number of carboxylic acid groups (broad SMARTS) is 1. The van der Waals surface area contributed by atoms with Crippen LogP contribution >= 0.6 is 11.6 Å². The van der Waals surface area contributed by atoms with Gasteiger partial charge in [-0.25, -0.2) is 4.79 Å². The fourth-order valence-electron chi connectivity index (χ4n) is 2.06. The van der Waals surface area contributed by atoms with Crippen molar-refractivity contribution < 1.29 is 14.6 Å². The largest absolute Gasteiger partial charge is 0.480 e. The lowest BCUT2D eigenvalue weighted by Gasteiger charge is -2.44. The predicted octanol–water partition coefficient (Wildman–Crippen LogP) is 2.38. The highest BCUT2D eigenvalue weighted by molar-refractivity contribution is 6.30. The average Bonchev–Trinajstić information content (AvgIpc) is 2.22. The second kappa shape index (κ2) is 4.55. The van der Waals surface area contributed by atoms with Crippen molar-refractivity contribution in [1.29, 1.82) is 0 Å². The molecule has 0 amide bonds. The second-order valence-electron chi connectivity index (χ2n) is 4.29. The molecule has 0 bridgehead atoms. The van der Waals surface area contributed by atoms with E-state index >= 15 is 0 Å². The van der Waals surface area contributed by atoms with Crippen LogP contribution in [0.25, 0.3) is 0 Å². The maximum Gasteiger partial charge on any atom is 0.329 e. The summed E-state index contributed by atoms with van der Waals surface area (Å²) >= 11 is 5.86. The summed E-state index contributed by atoms with van der Waals surface area (Å²) < 4.78 is 5.12. The monoisotopic (exact) mass is 255 g/mol. The Morgan fingerprint density at radius 3 is 2.82 bits per heavy atom. The first-order chi connectivity index (χ1) is 8.05. The second-order valence-corrected chi connectivity index (χ2v) is 4.73. The molecule has 92 valence electrons. The van der Waals surface area contributed by atoms with Gasteiger partial charge in [0, 0.05) is 30.7 Å². The third-order valence-electron chi connectivity index (χ3n) is 3.10. The minimum absolute atomic E-state index is 0.0118. The quantitative estimate of drug-likeness (QED) is 0.867. The van der Waals surface area contributed by atoms with E-state index in [2.05, 4.69) is 5.32 Å². The molecule has 2 N–H and O–H groups in total. The summed E-state index contributed by atoms with van der Waals surface area (Å²) in [6, 6.07) is 7.05. The van der Waals surface area contributed by atoms with Crippen LogP contribution in [-0.4, -0.2) is 29.8 Å². The molecule has 1 aromatic carbocycles. The van der Waals surface area contributed by atoms with Gasteiger partial charge in [-0.3, -0.25) is 0 Å². The number of benzene rings is 1. The first-order valence-corrected chi connectivity index (χ1v) is 5.73. The van der Waals surface area contributed by atoms with Gasteiger partial charge in [0.15, 0.2) is 0 Å². The number of aliphatic carboxylic acids is 1. The first kappa shape index (κ1) is 12.2. The van der Waals surface area contributed by atoms with Crippen molar-refractivity contribution >= 4 is 23.3 Å². The van der Waals surface area contributed by atoms with Crippen molar-refractivity contribution in [2.24, 2.45) is 0 Å². The number of halogens is 1. The minimum atomic E-state index is -0.925. The number of nitrogens with one attached hydrogen (secondary N) is 1. The van der Waals surface area contributed by atoms with Gasteiger partial charge >= 0.3 is 5.97 Å². The summed E-state index contributed by atoms with van der Waals surface area (Å²) in [5.74, 6) is -0.856. The normalized spacial score (nSPS) is 27.3. The van der Waals surface area contributed by atoms with Gasteiger partial charge in [0.2, 0.25) is 0 Å². The molecule has 5 heteroatoms. The molecule has 0 heterocycles. The van der Waals surface area contributed by atoms with Crippen LogP contribution in [0.2, 0.25) is 5.02 Å². The predicted molar refractivity (Wildman–Crippen MR) is 65.5 cm³/mol. The van der Waals surface area contributed by atoms with Crippen molar-refractivity contribution in [2.75, 3.05) is 12.4 Å². The molecule has 1 aromatic rings. The zero-order chi connectivity index (χ0) is 12.5. The van der Waals surface area contributed by atoms with Crippen molar-refractivity contribution in [3.05, 3.63) is 29.3 Å². The fraction of sp³-hybridized carbons (Fsp3) is 0.417. The van der Waals surface area contributed by atoms with Gasteiger partial charge in [-0.15, -0.1) is 0 Å². The number of ether oxygens (including phenoxy) is 1. The number of anilines is 1. The van der Waals surface area contributed by atoms with Gasteiger partial charge in [0.1, 0.15) is 5.54 Å². The van der Waals surface area contributed by atoms with E-state index in [1.807, 2.05) is 0 Å². The van der Waals surface area contributed by atoms with E-state index in [0.717, 1.165) is 5.69 Å². The molecule has 0 spiro atoms. The highest BCUT2D eigenvalue weighted by Gasteiger charge is 2.51. The van der Waals surface area contributed by atoms with Crippen LogP contribution in [0.3, 0.4) is 0 Å². The molecule has 1 fully saturated rings. The van der Waals surface area contributed by atoms with E-state index in [1.54, 1.807) is 31.4 Å². The Morgan fingerprint density at radius 1 is 1.59 bits per heavy atom. The van der Waals surface area contributed by atoms with Gasteiger partial charge in [-0.2, -0.15) is 0 Å². The Morgan fingerprint density at radius 2 is 2.29 bits per heavy atom. The standard InChI is InChI=1S/C12H14ClNO3/c1-17-10-6-12(7-10,11(15)16)14-9-4-2-3-8(13)5-9/h2-5,10,14H,6-7H2,1H3,(H,15,16). The van der Waals surface area contributed by atoms with Crippen LogP contribution < -0.4 is 5.32 Å². The molecular weight excluding hydrogens is 242 g/mol.